The second-order valence-corrected chi connectivity index (χ2v) is 10.5. The Morgan fingerprint density at radius 1 is 1.02 bits per heavy atom. The van der Waals surface area contributed by atoms with Crippen LogP contribution in [0.2, 0.25) is 0 Å². The maximum absolute atomic E-state index is 13.5. The number of ether oxygens (including phenoxy) is 2. The number of amides is 3. The van der Waals surface area contributed by atoms with Crippen LogP contribution in [0.25, 0.3) is 10.9 Å². The molecule has 2 aliphatic rings. The molecular weight excluding hydrogens is 564 g/mol. The van der Waals surface area contributed by atoms with E-state index < -0.39 is 47.9 Å². The van der Waals surface area contributed by atoms with Crippen LogP contribution >= 0.6 is 0 Å². The molecular formula is C29H34N4O10. The number of ketones is 1. The monoisotopic (exact) mass is 598 g/mol. The highest BCUT2D eigenvalue weighted by atomic mass is 16.6. The zero-order valence-corrected chi connectivity index (χ0v) is 24.0. The first kappa shape index (κ1) is 31.2. The predicted molar refractivity (Wildman–Crippen MR) is 150 cm³/mol. The van der Waals surface area contributed by atoms with Crippen molar-refractivity contribution < 1.29 is 48.5 Å². The van der Waals surface area contributed by atoms with Gasteiger partial charge in [0.25, 0.3) is 5.91 Å². The Morgan fingerprint density at radius 2 is 1.70 bits per heavy atom. The lowest BCUT2D eigenvalue weighted by molar-refractivity contribution is -0.163. The lowest BCUT2D eigenvalue weighted by Crippen LogP contribution is -2.56. The molecule has 0 radical (unpaired) electrons. The number of fused-ring (bicyclic) bond motifs is 1. The van der Waals surface area contributed by atoms with E-state index >= 15 is 0 Å². The molecule has 43 heavy (non-hydrogen) atoms. The zero-order valence-electron chi connectivity index (χ0n) is 24.0. The van der Waals surface area contributed by atoms with Crippen molar-refractivity contribution in [2.75, 3.05) is 32.8 Å². The first-order valence-electron chi connectivity index (χ1n) is 14.1. The highest BCUT2D eigenvalue weighted by Gasteiger charge is 2.47. The molecule has 1 aromatic heterocycles. The number of rotatable bonds is 11. The number of carbonyl (C=O) groups excluding carboxylic acids is 4. The summed E-state index contributed by atoms with van der Waals surface area (Å²) in [4.78, 5) is 81.6. The molecule has 2 heterocycles. The lowest BCUT2D eigenvalue weighted by atomic mass is 9.80. The van der Waals surface area contributed by atoms with Gasteiger partial charge in [-0.15, -0.1) is 0 Å². The minimum Gasteiger partial charge on any atom is -0.481 e. The number of aromatic nitrogens is 1. The normalized spacial score (nSPS) is 16.5. The Bertz CT molecular complexity index is 1450. The summed E-state index contributed by atoms with van der Waals surface area (Å²) < 4.78 is 11.0. The van der Waals surface area contributed by atoms with Gasteiger partial charge in [-0.3, -0.25) is 19.2 Å². The summed E-state index contributed by atoms with van der Waals surface area (Å²) in [5.74, 6) is -3.80. The Balaban J connectivity index is 1.61. The van der Waals surface area contributed by atoms with Crippen molar-refractivity contribution in [1.82, 2.24) is 20.1 Å². The number of Topliss-reactive ketones (excluding diaryl/α,β-unsaturated/α-hetero) is 1. The third-order valence-electron chi connectivity index (χ3n) is 7.64. The molecule has 4 rings (SSSR count). The summed E-state index contributed by atoms with van der Waals surface area (Å²) in [7, 11) is 0. The molecule has 1 aliphatic heterocycles. The summed E-state index contributed by atoms with van der Waals surface area (Å²) >= 11 is 0. The summed E-state index contributed by atoms with van der Waals surface area (Å²) in [5, 5.41) is 22.0. The molecule has 1 atom stereocenters. The number of hydrogen-bond acceptors (Lipinski definition) is 9. The van der Waals surface area contributed by atoms with Gasteiger partial charge in [0.15, 0.2) is 5.78 Å². The molecule has 1 saturated carbocycles. The van der Waals surface area contributed by atoms with Crippen molar-refractivity contribution in [3.63, 3.8) is 0 Å². The molecule has 1 aliphatic carbocycles. The van der Waals surface area contributed by atoms with Crippen LogP contribution in [-0.2, 0) is 19.1 Å². The first-order chi connectivity index (χ1) is 20.4. The number of nitrogens with zero attached hydrogens (tertiary/aromatic N) is 3. The molecule has 1 saturated heterocycles. The van der Waals surface area contributed by atoms with Gasteiger partial charge in [-0.25, -0.2) is 14.6 Å². The summed E-state index contributed by atoms with van der Waals surface area (Å²) in [6, 6.07) is 4.64. The largest absolute Gasteiger partial charge is 0.481 e. The minimum atomic E-state index is -1.47. The molecule has 3 N–H and O–H groups in total. The van der Waals surface area contributed by atoms with Crippen LogP contribution in [-0.4, -0.2) is 105 Å². The molecule has 2 aromatic rings. The Morgan fingerprint density at radius 3 is 2.26 bits per heavy atom. The summed E-state index contributed by atoms with van der Waals surface area (Å²) in [6.45, 7) is 4.01. The van der Waals surface area contributed by atoms with E-state index in [1.54, 1.807) is 19.1 Å². The third-order valence-corrected chi connectivity index (χ3v) is 7.64. The van der Waals surface area contributed by atoms with Crippen molar-refractivity contribution in [3.8, 4) is 5.75 Å². The second-order valence-electron chi connectivity index (χ2n) is 10.5. The van der Waals surface area contributed by atoms with Gasteiger partial charge in [-0.05, 0) is 51.7 Å². The van der Waals surface area contributed by atoms with Crippen molar-refractivity contribution >= 4 is 46.5 Å². The van der Waals surface area contributed by atoms with Crippen LogP contribution < -0.4 is 10.1 Å². The number of piperazine rings is 1. The van der Waals surface area contributed by atoms with E-state index in [4.69, 9.17) is 9.47 Å². The van der Waals surface area contributed by atoms with E-state index in [1.807, 2.05) is 0 Å². The minimum absolute atomic E-state index is 0.0795. The Labute approximate surface area is 246 Å². The van der Waals surface area contributed by atoms with Crippen molar-refractivity contribution in [3.05, 3.63) is 35.5 Å². The van der Waals surface area contributed by atoms with Crippen LogP contribution in [0.3, 0.4) is 0 Å². The number of hydrogen-bond donors (Lipinski definition) is 3. The van der Waals surface area contributed by atoms with E-state index in [-0.39, 0.29) is 74.8 Å². The smallest absolute Gasteiger partial charge is 0.409 e. The number of carboxylic acids is 2. The zero-order chi connectivity index (χ0) is 31.3. The molecule has 14 heteroatoms. The van der Waals surface area contributed by atoms with Gasteiger partial charge in [0, 0.05) is 49.6 Å². The molecule has 14 nitrogen and oxygen atoms in total. The highest BCUT2D eigenvalue weighted by molar-refractivity contribution is 6.02. The maximum atomic E-state index is 13.5. The maximum Gasteiger partial charge on any atom is 0.409 e. The van der Waals surface area contributed by atoms with E-state index in [0.29, 0.717) is 17.4 Å². The number of benzene rings is 1. The molecule has 3 amide bonds. The summed E-state index contributed by atoms with van der Waals surface area (Å²) in [6.07, 6.45) is 0.0971. The van der Waals surface area contributed by atoms with Gasteiger partial charge in [-0.1, -0.05) is 6.07 Å². The first-order valence-corrected chi connectivity index (χ1v) is 14.1. The Hall–Kier alpha value is -4.75. The highest BCUT2D eigenvalue weighted by Crippen LogP contribution is 2.39. The predicted octanol–water partition coefficient (Wildman–Crippen LogP) is 2.09. The fourth-order valence-corrected chi connectivity index (χ4v) is 4.99. The lowest BCUT2D eigenvalue weighted by Gasteiger charge is -2.38. The van der Waals surface area contributed by atoms with Crippen LogP contribution in [0.15, 0.2) is 24.3 Å². The van der Waals surface area contributed by atoms with Crippen molar-refractivity contribution in [2.24, 2.45) is 0 Å². The molecule has 1 aromatic carbocycles. The average Bonchev–Trinajstić information content (AvgIpc) is 2.95. The van der Waals surface area contributed by atoms with Gasteiger partial charge >= 0.3 is 18.0 Å². The van der Waals surface area contributed by atoms with Crippen LogP contribution in [0, 0.1) is 0 Å². The number of aliphatic carboxylic acids is 2. The third kappa shape index (κ3) is 7.01. The fraction of sp³-hybridized carbons (Fsp3) is 0.483. The average molecular weight is 599 g/mol. The van der Waals surface area contributed by atoms with E-state index in [0.717, 1.165) is 0 Å². The molecule has 230 valence electrons. The van der Waals surface area contributed by atoms with E-state index in [1.165, 1.54) is 28.9 Å². The number of nitrogens with one attached hydrogen (secondary N) is 1. The molecule has 0 spiro atoms. The molecule has 1 unspecified atom stereocenters. The van der Waals surface area contributed by atoms with Crippen LogP contribution in [0.5, 0.6) is 5.75 Å². The summed E-state index contributed by atoms with van der Waals surface area (Å²) in [5.41, 5.74) is -1.15. The van der Waals surface area contributed by atoms with E-state index in [2.05, 4.69) is 10.3 Å². The van der Waals surface area contributed by atoms with Gasteiger partial charge in [0.1, 0.15) is 17.5 Å². The van der Waals surface area contributed by atoms with E-state index in [9.17, 15) is 39.0 Å². The van der Waals surface area contributed by atoms with Gasteiger partial charge in [0.2, 0.25) is 11.5 Å². The Kier molecular flexibility index (Phi) is 9.46. The second kappa shape index (κ2) is 13.0. The van der Waals surface area contributed by atoms with Crippen LogP contribution in [0.4, 0.5) is 4.79 Å². The molecule has 0 bridgehead atoms. The van der Waals surface area contributed by atoms with Gasteiger partial charge in [-0.2, -0.15) is 0 Å². The van der Waals surface area contributed by atoms with Gasteiger partial charge < -0.3 is 34.8 Å². The number of carboxylic acid groups (broad SMARTS) is 2. The fourth-order valence-electron chi connectivity index (χ4n) is 4.99. The standard InChI is InChI=1S/C29H34N4O10/c1-3-42-28(41)33-13-11-32(12-14-33)26(38)20(7-8-24(35)36)31-25(37)22-16-23(43-29(27(39)40)9-4-10-29)19-6-5-18(17(2)34)15-21(19)30-22/h5-6,15-16,20H,3-4,7-14H2,1-2H3,(H,31,37)(H,35,36)(H,39,40). The van der Waals surface area contributed by atoms with Crippen molar-refractivity contribution in [1.29, 1.82) is 0 Å². The number of carbonyl (C=O) groups is 6. The SMILES string of the molecule is CCOC(=O)N1CCN(C(=O)C(CCC(=O)O)NC(=O)c2cc(OC3(C(=O)O)CCC3)c3ccc(C(C)=O)cc3n2)CC1. The number of pyridine rings is 1. The quantitative estimate of drug-likeness (QED) is 0.321. The topological polar surface area (TPSA) is 193 Å². The van der Waals surface area contributed by atoms with Crippen molar-refractivity contribution in [2.45, 2.75) is 57.6 Å². The van der Waals surface area contributed by atoms with Crippen LogP contribution in [0.1, 0.15) is 66.8 Å². The molecule has 2 fully saturated rings. The van der Waals surface area contributed by atoms with Gasteiger partial charge in [0.05, 0.1) is 12.1 Å².